The zero-order valence-corrected chi connectivity index (χ0v) is 15.0. The molecule has 0 atom stereocenters. The lowest BCUT2D eigenvalue weighted by molar-refractivity contribution is 0.0600. The van der Waals surface area contributed by atoms with E-state index in [1.165, 1.54) is 7.11 Å². The first-order valence-corrected chi connectivity index (χ1v) is 8.34. The van der Waals surface area contributed by atoms with E-state index in [1.807, 2.05) is 31.2 Å². The third-order valence-electron chi connectivity index (χ3n) is 3.85. The number of aromatic nitrogens is 1. The first-order chi connectivity index (χ1) is 13.0. The lowest BCUT2D eigenvalue weighted by atomic mass is 10.2. The van der Waals surface area contributed by atoms with Gasteiger partial charge in [0.2, 0.25) is 0 Å². The highest BCUT2D eigenvalue weighted by molar-refractivity contribution is 6.05. The van der Waals surface area contributed by atoms with E-state index in [1.54, 1.807) is 42.6 Å². The number of aryl methyl sites for hydroxylation is 1. The van der Waals surface area contributed by atoms with Crippen molar-refractivity contribution in [3.05, 3.63) is 83.6 Å². The molecule has 6 nitrogen and oxygen atoms in total. The summed E-state index contributed by atoms with van der Waals surface area (Å²) in [4.78, 5) is 28.4. The molecule has 3 rings (SSSR count). The molecule has 0 aliphatic rings. The fourth-order valence-electron chi connectivity index (χ4n) is 2.56. The minimum absolute atomic E-state index is 0.299. The predicted molar refractivity (Wildman–Crippen MR) is 104 cm³/mol. The number of hydrogen-bond acceptors (Lipinski definition) is 5. The molecule has 0 radical (unpaired) electrons. The van der Waals surface area contributed by atoms with Crippen molar-refractivity contribution in [1.29, 1.82) is 0 Å². The molecule has 1 amide bonds. The van der Waals surface area contributed by atoms with Crippen LogP contribution in [0.25, 0.3) is 0 Å². The summed E-state index contributed by atoms with van der Waals surface area (Å²) >= 11 is 0. The van der Waals surface area contributed by atoms with Crippen LogP contribution in [0, 0.1) is 6.92 Å². The van der Waals surface area contributed by atoms with Crippen LogP contribution in [-0.2, 0) is 4.74 Å². The van der Waals surface area contributed by atoms with Gasteiger partial charge in [-0.3, -0.25) is 4.79 Å². The van der Waals surface area contributed by atoms with E-state index < -0.39 is 5.97 Å². The molecular weight excluding hydrogens is 342 g/mol. The van der Waals surface area contributed by atoms with Crippen LogP contribution in [0.15, 0.2) is 66.9 Å². The van der Waals surface area contributed by atoms with Gasteiger partial charge in [-0.25, -0.2) is 9.78 Å². The summed E-state index contributed by atoms with van der Waals surface area (Å²) in [7, 11) is 1.31. The van der Waals surface area contributed by atoms with Gasteiger partial charge in [0.05, 0.1) is 12.7 Å². The van der Waals surface area contributed by atoms with Crippen molar-refractivity contribution in [2.75, 3.05) is 17.7 Å². The largest absolute Gasteiger partial charge is 0.465 e. The van der Waals surface area contributed by atoms with E-state index in [-0.39, 0.29) is 5.91 Å². The van der Waals surface area contributed by atoms with Gasteiger partial charge in [0.25, 0.3) is 5.91 Å². The van der Waals surface area contributed by atoms with Gasteiger partial charge in [-0.1, -0.05) is 18.2 Å². The molecule has 0 spiro atoms. The maximum atomic E-state index is 12.5. The molecule has 2 N–H and O–H groups in total. The van der Waals surface area contributed by atoms with Crippen LogP contribution in [0.4, 0.5) is 17.2 Å². The lowest BCUT2D eigenvalue weighted by Crippen LogP contribution is -2.13. The van der Waals surface area contributed by atoms with Crippen LogP contribution in [0.5, 0.6) is 0 Å². The Hall–Kier alpha value is -3.67. The SMILES string of the molecule is COC(=O)c1cccc(NC(=O)c2ccnc(Nc3cccc(C)c3)c2)c1. The molecule has 2 aromatic carbocycles. The number of pyridine rings is 1. The summed E-state index contributed by atoms with van der Waals surface area (Å²) in [6.07, 6.45) is 1.57. The zero-order valence-electron chi connectivity index (χ0n) is 15.0. The normalized spacial score (nSPS) is 10.1. The fourth-order valence-corrected chi connectivity index (χ4v) is 2.56. The highest BCUT2D eigenvalue weighted by Crippen LogP contribution is 2.18. The van der Waals surface area contributed by atoms with Crippen LogP contribution in [-0.4, -0.2) is 24.0 Å². The van der Waals surface area contributed by atoms with E-state index in [0.29, 0.717) is 22.6 Å². The molecule has 27 heavy (non-hydrogen) atoms. The van der Waals surface area contributed by atoms with Crippen molar-refractivity contribution in [1.82, 2.24) is 4.98 Å². The second kappa shape index (κ2) is 8.14. The highest BCUT2D eigenvalue weighted by Gasteiger charge is 2.10. The minimum Gasteiger partial charge on any atom is -0.465 e. The van der Waals surface area contributed by atoms with Gasteiger partial charge >= 0.3 is 5.97 Å². The molecule has 0 aliphatic carbocycles. The van der Waals surface area contributed by atoms with E-state index in [2.05, 4.69) is 15.6 Å². The molecule has 6 heteroatoms. The number of ether oxygens (including phenoxy) is 1. The molecule has 1 heterocycles. The molecular formula is C21H19N3O3. The first-order valence-electron chi connectivity index (χ1n) is 8.34. The molecule has 0 aliphatic heterocycles. The number of nitrogens with zero attached hydrogens (tertiary/aromatic N) is 1. The second-order valence-electron chi connectivity index (χ2n) is 5.95. The molecule has 3 aromatic rings. The fraction of sp³-hybridized carbons (Fsp3) is 0.0952. The molecule has 0 unspecified atom stereocenters. The Labute approximate surface area is 157 Å². The van der Waals surface area contributed by atoms with Crippen molar-refractivity contribution >= 4 is 29.1 Å². The Bertz CT molecular complexity index is 986. The van der Waals surface area contributed by atoms with Gasteiger partial charge in [-0.15, -0.1) is 0 Å². The van der Waals surface area contributed by atoms with Gasteiger partial charge in [-0.05, 0) is 55.0 Å². The maximum Gasteiger partial charge on any atom is 0.337 e. The predicted octanol–water partition coefficient (Wildman–Crippen LogP) is 4.17. The van der Waals surface area contributed by atoms with E-state index in [0.717, 1.165) is 11.3 Å². The average molecular weight is 361 g/mol. The Morgan fingerprint density at radius 3 is 2.48 bits per heavy atom. The quantitative estimate of drug-likeness (QED) is 0.667. The number of nitrogens with one attached hydrogen (secondary N) is 2. The third kappa shape index (κ3) is 4.70. The first kappa shape index (κ1) is 18.1. The monoisotopic (exact) mass is 361 g/mol. The van der Waals surface area contributed by atoms with E-state index >= 15 is 0 Å². The summed E-state index contributed by atoms with van der Waals surface area (Å²) in [5, 5.41) is 5.96. The van der Waals surface area contributed by atoms with Crippen LogP contribution in [0.2, 0.25) is 0 Å². The molecule has 0 bridgehead atoms. The van der Waals surface area contributed by atoms with E-state index in [9.17, 15) is 9.59 Å². The van der Waals surface area contributed by atoms with Crippen molar-refractivity contribution in [2.24, 2.45) is 0 Å². The lowest BCUT2D eigenvalue weighted by Gasteiger charge is -2.09. The number of methoxy groups -OCH3 is 1. The Kier molecular flexibility index (Phi) is 5.47. The van der Waals surface area contributed by atoms with Crippen LogP contribution < -0.4 is 10.6 Å². The Morgan fingerprint density at radius 1 is 0.926 bits per heavy atom. The van der Waals surface area contributed by atoms with Gasteiger partial charge < -0.3 is 15.4 Å². The number of anilines is 3. The second-order valence-corrected chi connectivity index (χ2v) is 5.95. The number of benzene rings is 2. The van der Waals surface area contributed by atoms with E-state index in [4.69, 9.17) is 4.74 Å². The number of rotatable bonds is 5. The summed E-state index contributed by atoms with van der Waals surface area (Å²) in [5.74, 6) is -0.192. The smallest absolute Gasteiger partial charge is 0.337 e. The van der Waals surface area contributed by atoms with Gasteiger partial charge in [0, 0.05) is 23.1 Å². The van der Waals surface area contributed by atoms with Crippen LogP contribution in [0.3, 0.4) is 0 Å². The molecule has 136 valence electrons. The van der Waals surface area contributed by atoms with Crippen LogP contribution in [0.1, 0.15) is 26.3 Å². The summed E-state index contributed by atoms with van der Waals surface area (Å²) in [5.41, 5.74) is 3.34. The maximum absolute atomic E-state index is 12.5. The highest BCUT2D eigenvalue weighted by atomic mass is 16.5. The Morgan fingerprint density at radius 2 is 1.70 bits per heavy atom. The number of esters is 1. The molecule has 1 aromatic heterocycles. The number of amides is 1. The van der Waals surface area contributed by atoms with Crippen molar-refractivity contribution in [3.8, 4) is 0 Å². The minimum atomic E-state index is -0.459. The topological polar surface area (TPSA) is 80.3 Å². The third-order valence-corrected chi connectivity index (χ3v) is 3.85. The molecule has 0 fully saturated rings. The molecule has 0 saturated carbocycles. The summed E-state index contributed by atoms with van der Waals surface area (Å²) in [6, 6.07) is 17.7. The van der Waals surface area contributed by atoms with Gasteiger partial charge in [-0.2, -0.15) is 0 Å². The molecule has 0 saturated heterocycles. The number of carbonyl (C=O) groups excluding carboxylic acids is 2. The van der Waals surface area contributed by atoms with Crippen molar-refractivity contribution < 1.29 is 14.3 Å². The van der Waals surface area contributed by atoms with Gasteiger partial charge in [0.1, 0.15) is 5.82 Å². The van der Waals surface area contributed by atoms with Crippen molar-refractivity contribution in [3.63, 3.8) is 0 Å². The standard InChI is InChI=1S/C21H19N3O3/c1-14-5-3-7-17(11-14)23-19-13-15(9-10-22-19)20(25)24-18-8-4-6-16(12-18)21(26)27-2/h3-13H,1-2H3,(H,22,23)(H,24,25). The Balaban J connectivity index is 1.75. The van der Waals surface area contributed by atoms with Gasteiger partial charge in [0.15, 0.2) is 0 Å². The average Bonchev–Trinajstić information content (AvgIpc) is 2.68. The van der Waals surface area contributed by atoms with Crippen LogP contribution >= 0.6 is 0 Å². The number of carbonyl (C=O) groups is 2. The summed E-state index contributed by atoms with van der Waals surface area (Å²) in [6.45, 7) is 2.00. The zero-order chi connectivity index (χ0) is 19.2. The van der Waals surface area contributed by atoms with Crippen molar-refractivity contribution in [2.45, 2.75) is 6.92 Å². The summed E-state index contributed by atoms with van der Waals surface area (Å²) < 4.78 is 4.69. The number of hydrogen-bond donors (Lipinski definition) is 2.